The summed E-state index contributed by atoms with van der Waals surface area (Å²) in [4.78, 5) is 30.7. The molecule has 0 saturated carbocycles. The molecular formula is C19H22N6O2. The summed E-state index contributed by atoms with van der Waals surface area (Å²) in [5, 5.41) is 15.7. The summed E-state index contributed by atoms with van der Waals surface area (Å²) in [6.45, 7) is 0.695. The quantitative estimate of drug-likeness (QED) is 0.756. The summed E-state index contributed by atoms with van der Waals surface area (Å²) in [6.07, 6.45) is 9.11. The summed E-state index contributed by atoms with van der Waals surface area (Å²) in [6, 6.07) is 5.48. The lowest BCUT2D eigenvalue weighted by Crippen LogP contribution is -2.30. The van der Waals surface area contributed by atoms with E-state index in [9.17, 15) is 9.59 Å². The molecule has 27 heavy (non-hydrogen) atoms. The van der Waals surface area contributed by atoms with Crippen LogP contribution in [0.2, 0.25) is 0 Å². The molecule has 2 unspecified atom stereocenters. The van der Waals surface area contributed by atoms with Crippen LogP contribution in [0.4, 0.5) is 5.69 Å². The molecule has 1 aliphatic rings. The van der Waals surface area contributed by atoms with Crippen molar-refractivity contribution in [3.8, 4) is 6.07 Å². The minimum Gasteiger partial charge on any atom is -0.338 e. The Hall–Kier alpha value is -3.21. The third kappa shape index (κ3) is 4.31. The van der Waals surface area contributed by atoms with Gasteiger partial charge in [0.05, 0.1) is 29.9 Å². The van der Waals surface area contributed by atoms with Crippen LogP contribution in [0, 0.1) is 17.2 Å². The first-order valence-electron chi connectivity index (χ1n) is 8.96. The highest BCUT2D eigenvalue weighted by Gasteiger charge is 2.42. The fourth-order valence-electron chi connectivity index (χ4n) is 3.37. The van der Waals surface area contributed by atoms with Crippen molar-refractivity contribution < 1.29 is 9.59 Å². The molecule has 0 aliphatic carbocycles. The Bertz CT molecular complexity index is 841. The van der Waals surface area contributed by atoms with E-state index < -0.39 is 5.92 Å². The van der Waals surface area contributed by atoms with Crippen LogP contribution in [0.1, 0.15) is 37.3 Å². The summed E-state index contributed by atoms with van der Waals surface area (Å²) >= 11 is 0. The smallest absolute Gasteiger partial charge is 0.230 e. The van der Waals surface area contributed by atoms with Crippen molar-refractivity contribution in [2.75, 3.05) is 12.4 Å². The zero-order chi connectivity index (χ0) is 19.2. The Balaban J connectivity index is 1.65. The number of hydrogen-bond acceptors (Lipinski definition) is 5. The Labute approximate surface area is 157 Å². The van der Waals surface area contributed by atoms with Crippen molar-refractivity contribution in [2.24, 2.45) is 5.92 Å². The Morgan fingerprint density at radius 3 is 3.00 bits per heavy atom. The van der Waals surface area contributed by atoms with E-state index in [1.807, 2.05) is 6.07 Å². The van der Waals surface area contributed by atoms with E-state index >= 15 is 0 Å². The number of nitrogens with one attached hydrogen (secondary N) is 1. The molecule has 8 heteroatoms. The molecule has 1 aliphatic heterocycles. The molecule has 1 saturated heterocycles. The minimum absolute atomic E-state index is 0.0582. The average molecular weight is 366 g/mol. The lowest BCUT2D eigenvalue weighted by Gasteiger charge is -2.24. The van der Waals surface area contributed by atoms with E-state index in [1.54, 1.807) is 47.5 Å². The number of aromatic nitrogens is 3. The van der Waals surface area contributed by atoms with Crippen molar-refractivity contribution >= 4 is 17.5 Å². The van der Waals surface area contributed by atoms with Crippen molar-refractivity contribution in [1.29, 1.82) is 5.26 Å². The van der Waals surface area contributed by atoms with Crippen molar-refractivity contribution in [3.63, 3.8) is 0 Å². The number of carbonyl (C=O) groups is 2. The Morgan fingerprint density at radius 2 is 2.26 bits per heavy atom. The van der Waals surface area contributed by atoms with E-state index in [4.69, 9.17) is 5.26 Å². The number of rotatable bonds is 7. The van der Waals surface area contributed by atoms with Crippen LogP contribution in [0.25, 0.3) is 0 Å². The maximum Gasteiger partial charge on any atom is 0.230 e. The van der Waals surface area contributed by atoms with Gasteiger partial charge in [0.25, 0.3) is 0 Å². The van der Waals surface area contributed by atoms with E-state index in [2.05, 4.69) is 21.5 Å². The molecule has 140 valence electrons. The second kappa shape index (κ2) is 8.45. The van der Waals surface area contributed by atoms with Gasteiger partial charge in [-0.05, 0) is 24.5 Å². The highest BCUT2D eigenvalue weighted by Crippen LogP contribution is 2.37. The number of aryl methyl sites for hydroxylation is 1. The summed E-state index contributed by atoms with van der Waals surface area (Å²) in [7, 11) is 1.71. The number of unbranched alkanes of at least 4 members (excludes halogenated alkanes) is 2. The van der Waals surface area contributed by atoms with Crippen molar-refractivity contribution in [3.05, 3.63) is 42.5 Å². The van der Waals surface area contributed by atoms with Crippen LogP contribution in [0.15, 0.2) is 36.9 Å². The van der Waals surface area contributed by atoms with Gasteiger partial charge in [-0.1, -0.05) is 6.07 Å². The molecule has 0 spiro atoms. The van der Waals surface area contributed by atoms with Crippen molar-refractivity contribution in [1.82, 2.24) is 19.7 Å². The van der Waals surface area contributed by atoms with Gasteiger partial charge in [-0.15, -0.1) is 0 Å². The van der Waals surface area contributed by atoms with Crippen LogP contribution in [0.5, 0.6) is 0 Å². The van der Waals surface area contributed by atoms with E-state index in [-0.39, 0.29) is 24.3 Å². The number of likely N-dealkylation sites (tertiary alicyclic amines) is 1. The van der Waals surface area contributed by atoms with E-state index in [0.29, 0.717) is 18.7 Å². The van der Waals surface area contributed by atoms with Crippen LogP contribution in [-0.4, -0.2) is 38.5 Å². The van der Waals surface area contributed by atoms with Gasteiger partial charge in [-0.3, -0.25) is 19.3 Å². The van der Waals surface area contributed by atoms with E-state index in [0.717, 1.165) is 18.4 Å². The molecule has 2 amide bonds. The highest BCUT2D eigenvalue weighted by molar-refractivity contribution is 5.97. The van der Waals surface area contributed by atoms with Gasteiger partial charge in [-0.25, -0.2) is 0 Å². The molecule has 1 N–H and O–H groups in total. The number of hydrogen-bond donors (Lipinski definition) is 1. The highest BCUT2D eigenvalue weighted by atomic mass is 16.2. The van der Waals surface area contributed by atoms with Gasteiger partial charge in [0.15, 0.2) is 0 Å². The summed E-state index contributed by atoms with van der Waals surface area (Å²) < 4.78 is 1.75. The fraction of sp³-hybridized carbons (Fsp3) is 0.421. The predicted octanol–water partition coefficient (Wildman–Crippen LogP) is 2.13. The summed E-state index contributed by atoms with van der Waals surface area (Å²) in [5.74, 6) is -0.742. The maximum absolute atomic E-state index is 12.8. The molecule has 0 aromatic carbocycles. The van der Waals surface area contributed by atoms with Gasteiger partial charge in [0.2, 0.25) is 11.8 Å². The molecule has 0 radical (unpaired) electrons. The van der Waals surface area contributed by atoms with Gasteiger partial charge >= 0.3 is 0 Å². The third-order valence-corrected chi connectivity index (χ3v) is 4.78. The first-order chi connectivity index (χ1) is 13.1. The van der Waals surface area contributed by atoms with Gasteiger partial charge < -0.3 is 10.2 Å². The number of nitriles is 1. The molecular weight excluding hydrogens is 344 g/mol. The zero-order valence-electron chi connectivity index (χ0n) is 15.2. The average Bonchev–Trinajstić information content (AvgIpc) is 3.24. The lowest BCUT2D eigenvalue weighted by molar-refractivity contribution is -0.127. The Morgan fingerprint density at radius 1 is 1.41 bits per heavy atom. The monoisotopic (exact) mass is 366 g/mol. The number of amides is 2. The normalized spacial score (nSPS) is 19.1. The predicted molar refractivity (Wildman–Crippen MR) is 98.2 cm³/mol. The molecule has 2 aromatic heterocycles. The maximum atomic E-state index is 12.8. The van der Waals surface area contributed by atoms with Crippen LogP contribution in [0.3, 0.4) is 0 Å². The van der Waals surface area contributed by atoms with Crippen LogP contribution >= 0.6 is 0 Å². The zero-order valence-corrected chi connectivity index (χ0v) is 15.2. The van der Waals surface area contributed by atoms with Crippen molar-refractivity contribution in [2.45, 2.75) is 38.3 Å². The SMILES string of the molecule is CN1C(=O)CC(C(=O)Nc2cnn(CCCCC#N)c2)C1c1cccnc1. The third-order valence-electron chi connectivity index (χ3n) is 4.78. The standard InChI is InChI=1S/C19H22N6O2/c1-24-17(26)10-16(18(24)14-6-5-8-21-11-14)19(27)23-15-12-22-25(13-15)9-4-2-3-7-20/h5-6,8,11-13,16,18H,2-4,9-10H2,1H3,(H,23,27). The van der Waals surface area contributed by atoms with Gasteiger partial charge in [0, 0.05) is 45.0 Å². The van der Waals surface area contributed by atoms with E-state index in [1.165, 1.54) is 0 Å². The second-order valence-electron chi connectivity index (χ2n) is 6.64. The van der Waals surface area contributed by atoms with Crippen LogP contribution < -0.4 is 5.32 Å². The largest absolute Gasteiger partial charge is 0.338 e. The summed E-state index contributed by atoms with van der Waals surface area (Å²) in [5.41, 5.74) is 1.45. The molecule has 2 atom stereocenters. The topological polar surface area (TPSA) is 104 Å². The van der Waals surface area contributed by atoms with Gasteiger partial charge in [-0.2, -0.15) is 10.4 Å². The first-order valence-corrected chi connectivity index (χ1v) is 8.96. The molecule has 1 fully saturated rings. The number of carbonyl (C=O) groups excluding carboxylic acids is 2. The van der Waals surface area contributed by atoms with Crippen LogP contribution in [-0.2, 0) is 16.1 Å². The number of anilines is 1. The first kappa shape index (κ1) is 18.6. The molecule has 2 aromatic rings. The fourth-order valence-corrected chi connectivity index (χ4v) is 3.37. The number of pyridine rings is 1. The number of nitrogens with zero attached hydrogens (tertiary/aromatic N) is 5. The van der Waals surface area contributed by atoms with Gasteiger partial charge in [0.1, 0.15) is 0 Å². The minimum atomic E-state index is -0.481. The molecule has 0 bridgehead atoms. The molecule has 3 heterocycles. The lowest BCUT2D eigenvalue weighted by atomic mass is 9.94. The Kier molecular flexibility index (Phi) is 5.81. The molecule has 8 nitrogen and oxygen atoms in total. The molecule has 3 rings (SSSR count). The second-order valence-corrected chi connectivity index (χ2v) is 6.64.